The van der Waals surface area contributed by atoms with E-state index in [1.54, 1.807) is 6.92 Å². The van der Waals surface area contributed by atoms with Gasteiger partial charge in [-0.15, -0.1) is 0 Å². The van der Waals surface area contributed by atoms with E-state index >= 15 is 0 Å². The van der Waals surface area contributed by atoms with Gasteiger partial charge in [0, 0.05) is 18.8 Å². The number of aliphatic hydroxyl groups is 1. The molecule has 3 nitrogen and oxygen atoms in total. The van der Waals surface area contributed by atoms with E-state index in [0.717, 1.165) is 18.7 Å². The molecule has 2 heterocycles. The largest absolute Gasteiger partial charge is 0.389 e. The van der Waals surface area contributed by atoms with Gasteiger partial charge in [-0.2, -0.15) is 0 Å². The van der Waals surface area contributed by atoms with E-state index in [9.17, 15) is 5.11 Å². The molecule has 0 aromatic heterocycles. The Morgan fingerprint density at radius 1 is 1.18 bits per heavy atom. The van der Waals surface area contributed by atoms with Gasteiger partial charge in [0.25, 0.3) is 0 Å². The first-order chi connectivity index (χ1) is 8.22. The molecule has 2 aliphatic rings. The van der Waals surface area contributed by atoms with Crippen molar-refractivity contribution in [1.82, 2.24) is 0 Å². The molecule has 1 N–H and O–H groups in total. The molecule has 1 aromatic rings. The standard InChI is InChI=1S/C14H19NO2/c1-10(16)11-2-4-12(5-3-11)15-8-13-6-7-14(9-15)17-13/h2-5,10,13-14,16H,6-9H2,1H3/t10-,13?,14?/m1/s1. The van der Waals surface area contributed by atoms with E-state index in [-0.39, 0.29) is 6.10 Å². The van der Waals surface area contributed by atoms with Crippen LogP contribution in [0.2, 0.25) is 0 Å². The summed E-state index contributed by atoms with van der Waals surface area (Å²) in [5.41, 5.74) is 2.22. The first-order valence-corrected chi connectivity index (χ1v) is 6.41. The molecule has 92 valence electrons. The van der Waals surface area contributed by atoms with Crippen LogP contribution >= 0.6 is 0 Å². The Labute approximate surface area is 102 Å². The Morgan fingerprint density at radius 2 is 1.76 bits per heavy atom. The van der Waals surface area contributed by atoms with Gasteiger partial charge in [0.15, 0.2) is 0 Å². The highest BCUT2D eigenvalue weighted by Crippen LogP contribution is 2.30. The zero-order chi connectivity index (χ0) is 11.8. The van der Waals surface area contributed by atoms with Crippen molar-refractivity contribution in [1.29, 1.82) is 0 Å². The number of fused-ring (bicyclic) bond motifs is 2. The van der Waals surface area contributed by atoms with Gasteiger partial charge in [-0.1, -0.05) is 12.1 Å². The van der Waals surface area contributed by atoms with Gasteiger partial charge >= 0.3 is 0 Å². The molecule has 0 aliphatic carbocycles. The zero-order valence-corrected chi connectivity index (χ0v) is 10.2. The lowest BCUT2D eigenvalue weighted by atomic mass is 10.1. The molecule has 0 spiro atoms. The average molecular weight is 233 g/mol. The molecule has 2 bridgehead atoms. The van der Waals surface area contributed by atoms with E-state index in [2.05, 4.69) is 17.0 Å². The predicted molar refractivity (Wildman–Crippen MR) is 67.2 cm³/mol. The summed E-state index contributed by atoms with van der Waals surface area (Å²) in [5.74, 6) is 0. The Balaban J connectivity index is 1.75. The Hall–Kier alpha value is -1.06. The highest BCUT2D eigenvalue weighted by Gasteiger charge is 2.33. The number of nitrogens with zero attached hydrogens (tertiary/aromatic N) is 1. The number of hydrogen-bond donors (Lipinski definition) is 1. The highest BCUT2D eigenvalue weighted by atomic mass is 16.5. The normalized spacial score (nSPS) is 29.4. The minimum absolute atomic E-state index is 0.384. The lowest BCUT2D eigenvalue weighted by molar-refractivity contribution is 0.0305. The molecule has 3 atom stereocenters. The van der Waals surface area contributed by atoms with Crippen LogP contribution in [0.3, 0.4) is 0 Å². The zero-order valence-electron chi connectivity index (χ0n) is 10.2. The van der Waals surface area contributed by atoms with Crippen LogP contribution in [-0.2, 0) is 4.74 Å². The van der Waals surface area contributed by atoms with Gasteiger partial charge < -0.3 is 14.7 Å². The maximum absolute atomic E-state index is 9.49. The topological polar surface area (TPSA) is 32.7 Å². The molecule has 2 aliphatic heterocycles. The smallest absolute Gasteiger partial charge is 0.0761 e. The fourth-order valence-electron chi connectivity index (χ4n) is 2.79. The summed E-state index contributed by atoms with van der Waals surface area (Å²) in [5, 5.41) is 9.49. The van der Waals surface area contributed by atoms with E-state index in [4.69, 9.17) is 4.74 Å². The number of aliphatic hydroxyl groups excluding tert-OH is 1. The third kappa shape index (κ3) is 2.17. The van der Waals surface area contributed by atoms with Gasteiger partial charge in [-0.3, -0.25) is 0 Å². The molecule has 0 amide bonds. The predicted octanol–water partition coefficient (Wildman–Crippen LogP) is 2.11. The molecule has 17 heavy (non-hydrogen) atoms. The van der Waals surface area contributed by atoms with Crippen LogP contribution in [0.5, 0.6) is 0 Å². The Kier molecular flexibility index (Phi) is 2.81. The van der Waals surface area contributed by atoms with E-state index < -0.39 is 0 Å². The summed E-state index contributed by atoms with van der Waals surface area (Å²) in [6, 6.07) is 8.23. The highest BCUT2D eigenvalue weighted by molar-refractivity contribution is 5.48. The monoisotopic (exact) mass is 233 g/mol. The number of rotatable bonds is 2. The van der Waals surface area contributed by atoms with Crippen molar-refractivity contribution in [3.8, 4) is 0 Å². The van der Waals surface area contributed by atoms with Crippen molar-refractivity contribution in [3.63, 3.8) is 0 Å². The number of morpholine rings is 1. The first-order valence-electron chi connectivity index (χ1n) is 6.41. The summed E-state index contributed by atoms with van der Waals surface area (Å²) < 4.78 is 5.83. The fourth-order valence-corrected chi connectivity index (χ4v) is 2.79. The van der Waals surface area contributed by atoms with Crippen LogP contribution < -0.4 is 4.90 Å². The van der Waals surface area contributed by atoms with Gasteiger partial charge in [0.2, 0.25) is 0 Å². The van der Waals surface area contributed by atoms with E-state index in [0.29, 0.717) is 12.2 Å². The van der Waals surface area contributed by atoms with Gasteiger partial charge in [0.05, 0.1) is 18.3 Å². The quantitative estimate of drug-likeness (QED) is 0.849. The van der Waals surface area contributed by atoms with Crippen LogP contribution in [0.15, 0.2) is 24.3 Å². The molecular weight excluding hydrogens is 214 g/mol. The maximum atomic E-state index is 9.49. The van der Waals surface area contributed by atoms with Crippen molar-refractivity contribution >= 4 is 5.69 Å². The molecule has 3 heteroatoms. The summed E-state index contributed by atoms with van der Waals surface area (Å²) >= 11 is 0. The first kappa shape index (κ1) is 11.1. The lowest BCUT2D eigenvalue weighted by Gasteiger charge is -2.34. The average Bonchev–Trinajstić information content (AvgIpc) is 2.68. The van der Waals surface area contributed by atoms with Gasteiger partial charge in [-0.25, -0.2) is 0 Å². The lowest BCUT2D eigenvalue weighted by Crippen LogP contribution is -2.42. The maximum Gasteiger partial charge on any atom is 0.0761 e. The second-order valence-electron chi connectivity index (χ2n) is 5.13. The molecule has 3 rings (SSSR count). The number of benzene rings is 1. The third-order valence-corrected chi connectivity index (χ3v) is 3.78. The third-order valence-electron chi connectivity index (χ3n) is 3.78. The summed E-state index contributed by atoms with van der Waals surface area (Å²) in [6.45, 7) is 3.80. The minimum atomic E-state index is -0.384. The van der Waals surface area contributed by atoms with Crippen molar-refractivity contribution in [3.05, 3.63) is 29.8 Å². The Bertz CT molecular complexity index is 376. The number of hydrogen-bond acceptors (Lipinski definition) is 3. The molecule has 2 fully saturated rings. The number of anilines is 1. The SMILES string of the molecule is C[C@@H](O)c1ccc(N2CC3CCC(C2)O3)cc1. The number of ether oxygens (including phenoxy) is 1. The van der Waals surface area contributed by atoms with Crippen molar-refractivity contribution in [2.45, 2.75) is 38.1 Å². The molecular formula is C14H19NO2. The summed E-state index contributed by atoms with van der Waals surface area (Å²) in [7, 11) is 0. The van der Waals surface area contributed by atoms with Crippen molar-refractivity contribution < 1.29 is 9.84 Å². The molecule has 0 radical (unpaired) electrons. The van der Waals surface area contributed by atoms with Crippen LogP contribution in [0.1, 0.15) is 31.4 Å². The van der Waals surface area contributed by atoms with Crippen LogP contribution in [0.25, 0.3) is 0 Å². The minimum Gasteiger partial charge on any atom is -0.389 e. The second kappa shape index (κ2) is 4.31. The van der Waals surface area contributed by atoms with Crippen molar-refractivity contribution in [2.75, 3.05) is 18.0 Å². The van der Waals surface area contributed by atoms with Crippen LogP contribution in [0, 0.1) is 0 Å². The molecule has 2 saturated heterocycles. The van der Waals surface area contributed by atoms with Crippen molar-refractivity contribution in [2.24, 2.45) is 0 Å². The molecule has 0 saturated carbocycles. The van der Waals surface area contributed by atoms with Crippen LogP contribution in [0.4, 0.5) is 5.69 Å². The van der Waals surface area contributed by atoms with Gasteiger partial charge in [-0.05, 0) is 37.5 Å². The molecule has 1 aromatic carbocycles. The second-order valence-corrected chi connectivity index (χ2v) is 5.13. The fraction of sp³-hybridized carbons (Fsp3) is 0.571. The summed E-state index contributed by atoms with van der Waals surface area (Å²) in [6.07, 6.45) is 2.86. The van der Waals surface area contributed by atoms with Crippen LogP contribution in [-0.4, -0.2) is 30.4 Å². The summed E-state index contributed by atoms with van der Waals surface area (Å²) in [4.78, 5) is 2.40. The molecule has 2 unspecified atom stereocenters. The van der Waals surface area contributed by atoms with E-state index in [1.165, 1.54) is 18.5 Å². The Morgan fingerprint density at radius 3 is 2.29 bits per heavy atom. The van der Waals surface area contributed by atoms with Gasteiger partial charge in [0.1, 0.15) is 0 Å². The van der Waals surface area contributed by atoms with E-state index in [1.807, 2.05) is 12.1 Å².